The summed E-state index contributed by atoms with van der Waals surface area (Å²) in [5, 5.41) is 70.8. The molecule has 23 rings (SSSR count). The smallest absolute Gasteiger partial charge is 0.257 e. The lowest BCUT2D eigenvalue weighted by Crippen LogP contribution is -2.63. The van der Waals surface area contributed by atoms with Crippen LogP contribution in [-0.2, 0) is 75.9 Å². The van der Waals surface area contributed by atoms with Crippen LogP contribution in [0.4, 0.5) is 0 Å². The van der Waals surface area contributed by atoms with Gasteiger partial charge in [-0.05, 0) is 301 Å². The van der Waals surface area contributed by atoms with Crippen LogP contribution in [0.2, 0.25) is 0 Å². The molecule has 6 N–H and O–H groups in total. The Morgan fingerprint density at radius 2 is 0.795 bits per heavy atom. The Hall–Kier alpha value is -6.85. The number of para-hydroxylation sites is 2. The van der Waals surface area contributed by atoms with Crippen molar-refractivity contribution in [1.82, 2.24) is 4.98 Å². The van der Waals surface area contributed by atoms with Gasteiger partial charge >= 0.3 is 0 Å². The fourth-order valence-electron chi connectivity index (χ4n) is 34.6. The predicted octanol–water partition coefficient (Wildman–Crippen LogP) is 20.8. The third-order valence-corrected chi connectivity index (χ3v) is 45.4. The fraction of sp³-hybridized carbons (Fsp3) is 0.631. The van der Waals surface area contributed by atoms with Crippen LogP contribution < -0.4 is 0 Å². The zero-order valence-corrected chi connectivity index (χ0v) is 90.2. The zero-order chi connectivity index (χ0) is 103. The third-order valence-electron chi connectivity index (χ3n) is 41.6. The van der Waals surface area contributed by atoms with Gasteiger partial charge in [0.15, 0.2) is 75.6 Å². The van der Waals surface area contributed by atoms with E-state index in [1.807, 2.05) is 91.0 Å². The molecule has 21 unspecified atom stereocenters. The van der Waals surface area contributed by atoms with Crippen molar-refractivity contribution >= 4 is 104 Å². The lowest BCUT2D eigenvalue weighted by atomic mass is 9.45. The van der Waals surface area contributed by atoms with Crippen LogP contribution in [0.25, 0.3) is 11.1 Å². The number of aliphatic hydroxyl groups is 6. The number of carbonyl (C=O) groups excluding carboxylic acids is 8. The Kier molecular flexibility index (Phi) is 30.0. The van der Waals surface area contributed by atoms with Crippen molar-refractivity contribution < 1.29 is 92.4 Å². The van der Waals surface area contributed by atoms with Crippen molar-refractivity contribution in [2.45, 2.75) is 332 Å². The molecular formula is C122H153NO19S4. The number of aryl methyl sites for hydroxylation is 2. The SMILES string of the molecule is CC12CCC(=O)C=C1CCC1C2[C@@H](O)CC2(C)C1CC[C@]2(O)C(=O)CSCCc1ccccc1.CC12CCC(=O)C=C1CCC1C2[C@@H](O)CC2(C)C1CC[C@]2(O)C(=O)CSCc1ccccc1.CCCC1O[C@@H]2CC3C4CCC5=CC(=O)C=CC5(C)C4[C@@H](O)CC3(C)[C@]2(C(=O)CSCCc2ccccc2)O1.CCC[C@@H]1O[C@@H]2CC3C4CCC5=CC(=O)C=CC5(C)C4[C@@H](O)CC3(C)[C@]2(C(=O)CSc2nc3ccccc3o2)O1. The van der Waals surface area contributed by atoms with Crippen molar-refractivity contribution in [3.63, 3.8) is 0 Å². The number of Topliss-reactive ketones (excluding diaryl/α,β-unsaturated/α-hetero) is 4. The van der Waals surface area contributed by atoms with Crippen LogP contribution in [0, 0.1) is 114 Å². The first-order chi connectivity index (χ1) is 69.8. The Bertz CT molecular complexity index is 5960. The minimum Gasteiger partial charge on any atom is -0.431 e. The van der Waals surface area contributed by atoms with E-state index in [1.165, 1.54) is 39.6 Å². The quantitative estimate of drug-likeness (QED) is 0.0233. The number of ketones is 8. The molecule has 20 nitrogen and oxygen atoms in total. The number of thioether (sulfide) groups is 4. The highest BCUT2D eigenvalue weighted by Crippen LogP contribution is 2.75. The number of nitrogens with zero attached hydrogens (tertiary/aromatic N) is 1. The van der Waals surface area contributed by atoms with E-state index >= 15 is 0 Å². The second kappa shape index (κ2) is 41.2. The highest BCUT2D eigenvalue weighted by Gasteiger charge is 2.79. The van der Waals surface area contributed by atoms with Crippen molar-refractivity contribution in [2.75, 3.05) is 34.5 Å². The lowest BCUT2D eigenvalue weighted by Gasteiger charge is -2.60. The standard InChI is InChI=1S/C33H42O5S.C32H37NO6S.C29H38O4S.C28H36O4S/c1-4-8-29-37-28-18-25-24-12-11-22-17-23(34)13-15-31(22,2)30(24)26(35)19-32(25,3)33(28,38-29)27(36)20-39-16-14-21-9-6-5-7-10-21;1-4-7-27-38-26-15-21-20-11-10-18-14-19(34)12-13-30(18,2)28(20)23(35)16-31(21,3)32(26,39-27)25(36)17-40-29-33-22-8-5-6-9-24(22)37-29;1-27-13-10-21(30)16-20(27)8-9-22-23-11-14-29(33,28(23,2)17-24(31)26(22)27)25(32)18-34-15-12-19-6-4-3-5-7-19;1-26-12-10-20(29)14-19(26)8-9-21-22-11-13-28(32,27(22,2)15-23(30)25(21)26)24(31)17-33-16-18-6-4-3-5-7-18/h5-7,9-10,13,15,17,24-26,28-30,35H,4,8,11-12,14,16,18-20H2,1-3H3;5-6,8-9,12-14,20-21,23,26-28,35H,4,7,10-11,15-17H2,1-3H3;3-7,16,22-24,26,31,33H,8-15,17-18H2,1-2H3;3-7,14,21-23,25,30,32H,8-13,15-17H2,1-2H3/t24?,25?,26-,28+,29?,30?,31?,32?,33+;20?,21?,23-,26+,27+,28?,30?,31?,32+;22?,23?,24-,26?,27?,28?,29-;21?,22?,23-,25?,26?,27?,28-/m0000/s1. The summed E-state index contributed by atoms with van der Waals surface area (Å²) in [6.07, 6.45) is 32.0. The molecule has 2 saturated heterocycles. The van der Waals surface area contributed by atoms with Crippen molar-refractivity contribution in [3.05, 3.63) is 203 Å². The van der Waals surface area contributed by atoms with Crippen LogP contribution in [0.5, 0.6) is 0 Å². The van der Waals surface area contributed by atoms with Gasteiger partial charge in [-0.3, -0.25) is 38.4 Å². The van der Waals surface area contributed by atoms with Crippen LogP contribution in [-0.4, -0.2) is 188 Å². The monoisotopic (exact) mass is 2060 g/mol. The first-order valence-corrected chi connectivity index (χ1v) is 59.4. The minimum atomic E-state index is -1.37. The van der Waals surface area contributed by atoms with E-state index in [-0.39, 0.29) is 163 Å². The Labute approximate surface area is 878 Å². The summed E-state index contributed by atoms with van der Waals surface area (Å²) in [7, 11) is 0. The van der Waals surface area contributed by atoms with E-state index in [0.717, 1.165) is 162 Å². The Morgan fingerprint density at radius 1 is 0.411 bits per heavy atom. The number of aromatic nitrogens is 1. The normalized spacial score (nSPS) is 41.9. The number of fused-ring (bicyclic) bond motifs is 25. The predicted molar refractivity (Wildman–Crippen MR) is 570 cm³/mol. The molecule has 16 aliphatic carbocycles. The van der Waals surface area contributed by atoms with Gasteiger partial charge in [0.25, 0.3) is 5.22 Å². The van der Waals surface area contributed by atoms with Gasteiger partial charge in [0.1, 0.15) is 16.7 Å². The number of ether oxygens (including phenoxy) is 4. The fourth-order valence-corrected chi connectivity index (χ4v) is 38.2. The minimum absolute atomic E-state index is 0.00947. The maximum atomic E-state index is 14.4. The molecule has 32 atom stereocenters. The van der Waals surface area contributed by atoms with Crippen molar-refractivity contribution in [2.24, 2.45) is 114 Å². The molecule has 14 fully saturated rings. The van der Waals surface area contributed by atoms with Crippen LogP contribution in [0.1, 0.15) is 253 Å². The molecule has 24 heteroatoms. The molecular weight excluding hydrogens is 1910 g/mol. The highest BCUT2D eigenvalue weighted by molar-refractivity contribution is 8.00. The van der Waals surface area contributed by atoms with E-state index in [0.29, 0.717) is 79.4 Å². The van der Waals surface area contributed by atoms with Gasteiger partial charge in [0.2, 0.25) is 0 Å². The zero-order valence-electron chi connectivity index (χ0n) is 87.0. The van der Waals surface area contributed by atoms with Crippen molar-refractivity contribution in [3.8, 4) is 0 Å². The summed E-state index contributed by atoms with van der Waals surface area (Å²) in [6, 6.07) is 38.4. The summed E-state index contributed by atoms with van der Waals surface area (Å²) in [4.78, 5) is 109. The number of rotatable bonds is 25. The summed E-state index contributed by atoms with van der Waals surface area (Å²) < 4.78 is 32.5. The molecule has 12 saturated carbocycles. The lowest BCUT2D eigenvalue weighted by molar-refractivity contribution is -0.197. The summed E-state index contributed by atoms with van der Waals surface area (Å²) in [5.74, 6) is 6.24. The highest BCUT2D eigenvalue weighted by atomic mass is 32.2. The largest absolute Gasteiger partial charge is 0.431 e. The molecule has 146 heavy (non-hydrogen) atoms. The van der Waals surface area contributed by atoms with Crippen molar-refractivity contribution in [1.29, 1.82) is 0 Å². The van der Waals surface area contributed by atoms with E-state index in [2.05, 4.69) is 123 Å². The first kappa shape index (κ1) is 106. The van der Waals surface area contributed by atoms with Crippen LogP contribution >= 0.6 is 47.0 Å². The number of aliphatic hydroxyl groups excluding tert-OH is 4. The molecule has 3 heterocycles. The summed E-state index contributed by atoms with van der Waals surface area (Å²) in [6.45, 7) is 21.5. The number of oxazole rings is 1. The van der Waals surface area contributed by atoms with Gasteiger partial charge < -0.3 is 54.0 Å². The average molecular weight is 2070 g/mol. The molecule has 0 amide bonds. The topological polar surface area (TPSA) is 321 Å². The second-order valence-electron chi connectivity index (χ2n) is 48.7. The molecule has 0 bridgehead atoms. The maximum Gasteiger partial charge on any atom is 0.257 e. The molecule has 784 valence electrons. The summed E-state index contributed by atoms with van der Waals surface area (Å²) in [5.41, 5.74) is 1.78. The van der Waals surface area contributed by atoms with Crippen LogP contribution in [0.15, 0.2) is 196 Å². The van der Waals surface area contributed by atoms with E-state index < -0.39 is 74.8 Å². The Morgan fingerprint density at radius 3 is 1.23 bits per heavy atom. The number of carbonyl (C=O) groups is 8. The molecule has 5 aromatic rings. The van der Waals surface area contributed by atoms with Gasteiger partial charge in [0, 0.05) is 62.9 Å². The van der Waals surface area contributed by atoms with Crippen LogP contribution in [0.3, 0.4) is 0 Å². The van der Waals surface area contributed by atoms with Gasteiger partial charge in [-0.2, -0.15) is 23.5 Å². The van der Waals surface area contributed by atoms with Gasteiger partial charge in [0.05, 0.1) is 59.6 Å². The van der Waals surface area contributed by atoms with Gasteiger partial charge in [-0.25, -0.2) is 4.98 Å². The number of hydrogen-bond donors (Lipinski definition) is 6. The van der Waals surface area contributed by atoms with Gasteiger partial charge in [-0.1, -0.05) is 231 Å². The number of allylic oxidation sites excluding steroid dienone is 10. The average Bonchev–Trinajstić information content (AvgIpc) is 1.51. The van der Waals surface area contributed by atoms with E-state index in [1.54, 1.807) is 59.6 Å². The molecule has 1 aromatic heterocycles. The maximum absolute atomic E-state index is 14.4. The van der Waals surface area contributed by atoms with E-state index in [9.17, 15) is 69.0 Å². The molecule has 4 aromatic carbocycles. The Balaban J connectivity index is 0.000000119. The molecule has 18 aliphatic rings. The molecule has 0 radical (unpaired) electrons. The van der Waals surface area contributed by atoms with E-state index in [4.69, 9.17) is 23.4 Å². The first-order valence-electron chi connectivity index (χ1n) is 55.0. The molecule has 0 spiro atoms. The third kappa shape index (κ3) is 17.9. The van der Waals surface area contributed by atoms with Gasteiger partial charge in [-0.15, -0.1) is 11.8 Å². The summed E-state index contributed by atoms with van der Waals surface area (Å²) >= 11 is 6.15. The molecule has 2 aliphatic heterocycles. The number of hydrogen-bond acceptors (Lipinski definition) is 24. The second-order valence-corrected chi connectivity index (χ2v) is 52.8. The number of benzene rings is 4.